The maximum absolute atomic E-state index is 11.1. The number of aryl methyl sites for hydroxylation is 2. The van der Waals surface area contributed by atoms with Crippen LogP contribution in [0, 0.1) is 25.2 Å². The van der Waals surface area contributed by atoms with Crippen molar-refractivity contribution in [1.29, 1.82) is 0 Å². The number of nitrogens with zero attached hydrogens (tertiary/aromatic N) is 4. The van der Waals surface area contributed by atoms with E-state index in [1.165, 1.54) is 12.8 Å². The molecule has 0 aromatic carbocycles. The summed E-state index contributed by atoms with van der Waals surface area (Å²) in [5.41, 5.74) is 3.56. The van der Waals surface area contributed by atoms with Gasteiger partial charge in [0.1, 0.15) is 16.3 Å². The smallest absolute Gasteiger partial charge is 0.224 e. The van der Waals surface area contributed by atoms with Gasteiger partial charge in [0, 0.05) is 18.8 Å². The fourth-order valence-electron chi connectivity index (χ4n) is 5.41. The Morgan fingerprint density at radius 3 is 2.57 bits per heavy atom. The van der Waals surface area contributed by atoms with Crippen molar-refractivity contribution in [2.45, 2.75) is 91.2 Å². The van der Waals surface area contributed by atoms with E-state index in [9.17, 15) is 5.11 Å². The first kappa shape index (κ1) is 24.4. The van der Waals surface area contributed by atoms with Crippen LogP contribution < -0.4 is 10.6 Å². The number of anilines is 2. The standard InChI is InChI=1S/C27H38N6OS/c1-6-27(34,7-2)18-8-9-19(14-18)31-23-21(24-32-22-17(4)28-13-10-20(22)35-24)16(3)30-25(33-23)29-15-26(5)11-12-26/h10,13,18-19,34H,6-9,11-12,14-15H2,1-5H3,(H2,29,30,31,33). The first-order chi connectivity index (χ1) is 16.7. The summed E-state index contributed by atoms with van der Waals surface area (Å²) in [7, 11) is 0. The second-order valence-corrected chi connectivity index (χ2v) is 12.0. The van der Waals surface area contributed by atoms with Crippen molar-refractivity contribution in [3.63, 3.8) is 0 Å². The number of nitrogens with one attached hydrogen (secondary N) is 2. The summed E-state index contributed by atoms with van der Waals surface area (Å²) in [5.74, 6) is 1.83. The lowest BCUT2D eigenvalue weighted by molar-refractivity contribution is -0.0236. The number of hydrogen-bond acceptors (Lipinski definition) is 8. The van der Waals surface area contributed by atoms with Crippen LogP contribution in [0.2, 0.25) is 0 Å². The Balaban J connectivity index is 1.48. The molecule has 3 aromatic rings. The number of fused-ring (bicyclic) bond motifs is 1. The molecule has 188 valence electrons. The van der Waals surface area contributed by atoms with E-state index in [0.717, 1.165) is 76.6 Å². The van der Waals surface area contributed by atoms with Gasteiger partial charge in [-0.25, -0.2) is 9.97 Å². The van der Waals surface area contributed by atoms with E-state index in [1.807, 2.05) is 26.1 Å². The molecule has 35 heavy (non-hydrogen) atoms. The van der Waals surface area contributed by atoms with Crippen molar-refractivity contribution < 1.29 is 5.11 Å². The predicted octanol–water partition coefficient (Wildman–Crippen LogP) is 6.11. The van der Waals surface area contributed by atoms with Gasteiger partial charge in [-0.15, -0.1) is 11.3 Å². The van der Waals surface area contributed by atoms with Crippen LogP contribution in [0.15, 0.2) is 12.3 Å². The number of pyridine rings is 1. The van der Waals surface area contributed by atoms with Crippen molar-refractivity contribution in [2.24, 2.45) is 11.3 Å². The van der Waals surface area contributed by atoms with Crippen molar-refractivity contribution in [3.8, 4) is 10.6 Å². The molecule has 7 nitrogen and oxygen atoms in total. The van der Waals surface area contributed by atoms with Crippen LogP contribution in [-0.2, 0) is 0 Å². The van der Waals surface area contributed by atoms with E-state index in [1.54, 1.807) is 11.3 Å². The van der Waals surface area contributed by atoms with E-state index in [2.05, 4.69) is 36.4 Å². The predicted molar refractivity (Wildman–Crippen MR) is 144 cm³/mol. The number of aromatic nitrogens is 4. The summed E-state index contributed by atoms with van der Waals surface area (Å²) in [6, 6.07) is 2.29. The molecule has 0 aliphatic heterocycles. The van der Waals surface area contributed by atoms with Crippen LogP contribution >= 0.6 is 11.3 Å². The molecular formula is C27H38N6OS. The van der Waals surface area contributed by atoms with Crippen LogP contribution in [0.3, 0.4) is 0 Å². The topological polar surface area (TPSA) is 95.8 Å². The molecule has 0 saturated heterocycles. The van der Waals surface area contributed by atoms with Gasteiger partial charge in [-0.2, -0.15) is 4.98 Å². The third-order valence-electron chi connectivity index (χ3n) is 8.33. The second-order valence-electron chi connectivity index (χ2n) is 10.9. The SMILES string of the molecule is CCC(O)(CC)C1CCC(Nc2nc(NCC3(C)CC3)nc(C)c2-c2nc3c(C)nccc3s2)C1. The molecule has 0 spiro atoms. The summed E-state index contributed by atoms with van der Waals surface area (Å²) < 4.78 is 1.12. The normalized spacial score (nSPS) is 21.4. The molecular weight excluding hydrogens is 456 g/mol. The van der Waals surface area contributed by atoms with Gasteiger partial charge in [0.25, 0.3) is 0 Å². The van der Waals surface area contributed by atoms with E-state index in [4.69, 9.17) is 15.0 Å². The Morgan fingerprint density at radius 2 is 1.89 bits per heavy atom. The molecule has 5 rings (SSSR count). The number of thiazole rings is 1. The zero-order valence-electron chi connectivity index (χ0n) is 21.6. The van der Waals surface area contributed by atoms with Gasteiger partial charge in [0.15, 0.2) is 0 Å². The van der Waals surface area contributed by atoms with Gasteiger partial charge in [-0.3, -0.25) is 4.98 Å². The van der Waals surface area contributed by atoms with Crippen LogP contribution in [0.5, 0.6) is 0 Å². The molecule has 2 aliphatic carbocycles. The van der Waals surface area contributed by atoms with E-state index < -0.39 is 5.60 Å². The van der Waals surface area contributed by atoms with Gasteiger partial charge >= 0.3 is 0 Å². The highest BCUT2D eigenvalue weighted by Gasteiger charge is 2.39. The summed E-state index contributed by atoms with van der Waals surface area (Å²) >= 11 is 1.66. The minimum atomic E-state index is -0.579. The molecule has 2 unspecified atom stereocenters. The number of hydrogen-bond donors (Lipinski definition) is 3. The zero-order chi connectivity index (χ0) is 24.8. The maximum Gasteiger partial charge on any atom is 0.224 e. The fraction of sp³-hybridized carbons (Fsp3) is 0.630. The van der Waals surface area contributed by atoms with Gasteiger partial charge in [0.2, 0.25) is 5.95 Å². The zero-order valence-corrected chi connectivity index (χ0v) is 22.4. The molecule has 0 radical (unpaired) electrons. The van der Waals surface area contributed by atoms with Crippen molar-refractivity contribution >= 4 is 33.3 Å². The van der Waals surface area contributed by atoms with Crippen LogP contribution in [-0.4, -0.2) is 43.2 Å². The molecule has 0 bridgehead atoms. The maximum atomic E-state index is 11.1. The molecule has 2 fully saturated rings. The van der Waals surface area contributed by atoms with E-state index in [-0.39, 0.29) is 6.04 Å². The lowest BCUT2D eigenvalue weighted by Gasteiger charge is -2.32. The van der Waals surface area contributed by atoms with Crippen LogP contribution in [0.4, 0.5) is 11.8 Å². The summed E-state index contributed by atoms with van der Waals surface area (Å²) in [6.45, 7) is 11.4. The largest absolute Gasteiger partial charge is 0.390 e. The van der Waals surface area contributed by atoms with Gasteiger partial charge in [-0.05, 0) is 76.2 Å². The Kier molecular flexibility index (Phi) is 6.46. The minimum Gasteiger partial charge on any atom is -0.390 e. The third kappa shape index (κ3) is 4.87. The highest BCUT2D eigenvalue weighted by molar-refractivity contribution is 7.21. The Morgan fingerprint density at radius 1 is 1.11 bits per heavy atom. The summed E-state index contributed by atoms with van der Waals surface area (Å²) in [5, 5.41) is 19.3. The molecule has 2 aliphatic rings. The van der Waals surface area contributed by atoms with E-state index in [0.29, 0.717) is 17.3 Å². The lowest BCUT2D eigenvalue weighted by atomic mass is 9.81. The van der Waals surface area contributed by atoms with Gasteiger partial charge in [-0.1, -0.05) is 20.8 Å². The van der Waals surface area contributed by atoms with E-state index >= 15 is 0 Å². The van der Waals surface area contributed by atoms with Crippen molar-refractivity contribution in [2.75, 3.05) is 17.2 Å². The second kappa shape index (κ2) is 9.28. The van der Waals surface area contributed by atoms with Crippen molar-refractivity contribution in [3.05, 3.63) is 23.7 Å². The summed E-state index contributed by atoms with van der Waals surface area (Å²) in [6.07, 6.45) is 8.95. The monoisotopic (exact) mass is 494 g/mol. The Labute approximate surface area is 212 Å². The third-order valence-corrected chi connectivity index (χ3v) is 9.37. The average Bonchev–Trinajstić information content (AvgIpc) is 3.21. The Hall–Kier alpha value is -2.32. The number of rotatable bonds is 9. The first-order valence-electron chi connectivity index (χ1n) is 13.1. The highest BCUT2D eigenvalue weighted by atomic mass is 32.1. The molecule has 2 atom stereocenters. The molecule has 3 aromatic heterocycles. The van der Waals surface area contributed by atoms with Crippen molar-refractivity contribution in [1.82, 2.24) is 19.9 Å². The fourth-order valence-corrected chi connectivity index (χ4v) is 6.52. The van der Waals surface area contributed by atoms with Crippen LogP contribution in [0.25, 0.3) is 20.8 Å². The molecule has 2 saturated carbocycles. The molecule has 0 amide bonds. The first-order valence-corrected chi connectivity index (χ1v) is 13.9. The van der Waals surface area contributed by atoms with Gasteiger partial charge < -0.3 is 15.7 Å². The average molecular weight is 495 g/mol. The van der Waals surface area contributed by atoms with Crippen LogP contribution in [0.1, 0.15) is 77.1 Å². The molecule has 3 N–H and O–H groups in total. The molecule has 3 heterocycles. The minimum absolute atomic E-state index is 0.268. The Bertz CT molecular complexity index is 1220. The number of aliphatic hydroxyl groups is 1. The summed E-state index contributed by atoms with van der Waals surface area (Å²) in [4.78, 5) is 19.2. The van der Waals surface area contributed by atoms with Gasteiger partial charge in [0.05, 0.1) is 27.3 Å². The quantitative estimate of drug-likeness (QED) is 0.330. The molecule has 8 heteroatoms. The lowest BCUT2D eigenvalue weighted by Crippen LogP contribution is -2.36. The highest BCUT2D eigenvalue weighted by Crippen LogP contribution is 2.45.